The molecule has 0 aliphatic carbocycles. The van der Waals surface area contributed by atoms with Gasteiger partial charge in [0.25, 0.3) is 0 Å². The van der Waals surface area contributed by atoms with E-state index >= 15 is 0 Å². The first-order valence-electron chi connectivity index (χ1n) is 8.80. The number of carbonyl (C=O) groups is 6. The van der Waals surface area contributed by atoms with E-state index in [9.17, 15) is 28.8 Å². The highest BCUT2D eigenvalue weighted by Gasteiger charge is 2.32. The van der Waals surface area contributed by atoms with Crippen molar-refractivity contribution in [3.8, 4) is 0 Å². The molecule has 0 aliphatic heterocycles. The van der Waals surface area contributed by atoms with Gasteiger partial charge in [0.1, 0.15) is 24.2 Å². The van der Waals surface area contributed by atoms with Gasteiger partial charge in [-0.3, -0.25) is 24.0 Å². The summed E-state index contributed by atoms with van der Waals surface area (Å²) in [6.45, 7) is 2.26. The quantitative estimate of drug-likeness (QED) is 0.139. The van der Waals surface area contributed by atoms with Crippen LogP contribution in [-0.4, -0.2) is 81.7 Å². The van der Waals surface area contributed by atoms with E-state index in [1.165, 1.54) is 13.8 Å². The van der Waals surface area contributed by atoms with Crippen molar-refractivity contribution >= 4 is 35.6 Å². The lowest BCUT2D eigenvalue weighted by molar-refractivity contribution is -0.144. The first-order chi connectivity index (χ1) is 13.8. The third-order valence-electron chi connectivity index (χ3n) is 3.81. The summed E-state index contributed by atoms with van der Waals surface area (Å²) >= 11 is 0. The molecule has 10 N–H and O–H groups in total. The Bertz CT molecular complexity index is 682. The second-order valence-corrected chi connectivity index (χ2v) is 6.75. The summed E-state index contributed by atoms with van der Waals surface area (Å²) in [5, 5.41) is 33.3. The van der Waals surface area contributed by atoms with Crippen LogP contribution in [0.3, 0.4) is 0 Å². The number of nitrogens with one attached hydrogen (secondary N) is 3. The van der Waals surface area contributed by atoms with Crippen LogP contribution in [0.5, 0.6) is 0 Å². The van der Waals surface area contributed by atoms with Gasteiger partial charge in [0.2, 0.25) is 23.6 Å². The van der Waals surface area contributed by atoms with Crippen molar-refractivity contribution in [3.63, 3.8) is 0 Å². The maximum absolute atomic E-state index is 12.4. The minimum Gasteiger partial charge on any atom is -0.481 e. The lowest BCUT2D eigenvalue weighted by atomic mass is 10.0. The molecule has 0 aromatic heterocycles. The molecule has 0 fully saturated rings. The van der Waals surface area contributed by atoms with E-state index < -0.39 is 85.1 Å². The highest BCUT2D eigenvalue weighted by molar-refractivity contribution is 5.97. The molecule has 4 amide bonds. The summed E-state index contributed by atoms with van der Waals surface area (Å²) in [7, 11) is 0. The molecule has 170 valence electrons. The highest BCUT2D eigenvalue weighted by atomic mass is 16.4. The Morgan fingerprint density at radius 1 is 0.833 bits per heavy atom. The Morgan fingerprint density at radius 2 is 1.30 bits per heavy atom. The Morgan fingerprint density at radius 3 is 1.70 bits per heavy atom. The zero-order valence-corrected chi connectivity index (χ0v) is 16.5. The maximum Gasteiger partial charge on any atom is 0.326 e. The van der Waals surface area contributed by atoms with E-state index in [1.54, 1.807) is 0 Å². The van der Waals surface area contributed by atoms with Crippen LogP contribution in [0, 0.1) is 5.92 Å². The molecule has 0 rings (SSSR count). The minimum atomic E-state index is -1.71. The first kappa shape index (κ1) is 26.7. The Hall–Kier alpha value is -3.26. The van der Waals surface area contributed by atoms with Crippen molar-refractivity contribution in [2.24, 2.45) is 17.4 Å². The fourth-order valence-electron chi connectivity index (χ4n) is 2.20. The lowest BCUT2D eigenvalue weighted by Crippen LogP contribution is -2.58. The van der Waals surface area contributed by atoms with Gasteiger partial charge in [-0.05, 0) is 5.92 Å². The van der Waals surface area contributed by atoms with E-state index in [1.807, 2.05) is 5.32 Å². The molecule has 0 heterocycles. The molecule has 0 saturated carbocycles. The summed E-state index contributed by atoms with van der Waals surface area (Å²) in [6, 6.07) is -6.09. The number of hydrogen-bond acceptors (Lipinski definition) is 8. The molecule has 0 radical (unpaired) electrons. The first-order valence-corrected chi connectivity index (χ1v) is 8.80. The highest BCUT2D eigenvalue weighted by Crippen LogP contribution is 2.04. The van der Waals surface area contributed by atoms with E-state index in [2.05, 4.69) is 10.6 Å². The summed E-state index contributed by atoms with van der Waals surface area (Å²) in [4.78, 5) is 70.1. The van der Waals surface area contributed by atoms with Crippen LogP contribution in [0.1, 0.15) is 26.7 Å². The summed E-state index contributed by atoms with van der Waals surface area (Å²) in [6.07, 6.45) is -1.61. The van der Waals surface area contributed by atoms with Crippen LogP contribution in [0.2, 0.25) is 0 Å². The molecule has 14 heteroatoms. The van der Waals surface area contributed by atoms with Gasteiger partial charge in [-0.15, -0.1) is 0 Å². The number of hydrogen-bond donors (Lipinski definition) is 8. The average Bonchev–Trinajstić information content (AvgIpc) is 2.62. The number of carboxylic acid groups (broad SMARTS) is 2. The number of aliphatic hydroxyl groups excluding tert-OH is 1. The van der Waals surface area contributed by atoms with Crippen molar-refractivity contribution in [2.45, 2.75) is 50.9 Å². The van der Waals surface area contributed by atoms with Crippen molar-refractivity contribution in [1.29, 1.82) is 0 Å². The lowest BCUT2D eigenvalue weighted by Gasteiger charge is -2.24. The molecular weight excluding hydrogens is 406 g/mol. The second-order valence-electron chi connectivity index (χ2n) is 6.75. The average molecular weight is 433 g/mol. The van der Waals surface area contributed by atoms with Gasteiger partial charge in [-0.1, -0.05) is 13.8 Å². The number of aliphatic carboxylic acids is 2. The zero-order valence-electron chi connectivity index (χ0n) is 16.5. The van der Waals surface area contributed by atoms with Crippen LogP contribution in [0.4, 0.5) is 0 Å². The fourth-order valence-corrected chi connectivity index (χ4v) is 2.20. The molecule has 0 spiro atoms. The van der Waals surface area contributed by atoms with Gasteiger partial charge in [-0.2, -0.15) is 0 Å². The SMILES string of the molecule is CC(C)C(NC(=O)C(CC(=O)O)NC(=O)C(CC(N)=O)NC(=O)C(N)CO)C(=O)O. The van der Waals surface area contributed by atoms with Gasteiger partial charge < -0.3 is 42.7 Å². The summed E-state index contributed by atoms with van der Waals surface area (Å²) in [5.74, 6) is -7.62. The number of aliphatic hydroxyl groups is 1. The van der Waals surface area contributed by atoms with Crippen molar-refractivity contribution in [3.05, 3.63) is 0 Å². The van der Waals surface area contributed by atoms with Crippen LogP contribution < -0.4 is 27.4 Å². The summed E-state index contributed by atoms with van der Waals surface area (Å²) in [5.41, 5.74) is 10.3. The fraction of sp³-hybridized carbons (Fsp3) is 0.625. The predicted molar refractivity (Wildman–Crippen MR) is 99.4 cm³/mol. The smallest absolute Gasteiger partial charge is 0.326 e. The molecular formula is C16H27N5O9. The second kappa shape index (κ2) is 12.3. The number of carboxylic acids is 2. The Kier molecular flexibility index (Phi) is 11.0. The molecule has 0 aliphatic rings. The van der Waals surface area contributed by atoms with E-state index in [4.69, 9.17) is 26.8 Å². The van der Waals surface area contributed by atoms with Gasteiger partial charge in [0, 0.05) is 0 Å². The van der Waals surface area contributed by atoms with E-state index in [-0.39, 0.29) is 0 Å². The molecule has 0 saturated heterocycles. The van der Waals surface area contributed by atoms with Crippen LogP contribution >= 0.6 is 0 Å². The minimum absolute atomic E-state index is 0.547. The van der Waals surface area contributed by atoms with Crippen LogP contribution in [0.15, 0.2) is 0 Å². The molecule has 4 atom stereocenters. The molecule has 0 aromatic carbocycles. The molecule has 4 unspecified atom stereocenters. The van der Waals surface area contributed by atoms with Crippen molar-refractivity contribution < 1.29 is 44.1 Å². The molecule has 14 nitrogen and oxygen atoms in total. The third-order valence-corrected chi connectivity index (χ3v) is 3.81. The van der Waals surface area contributed by atoms with Crippen LogP contribution in [-0.2, 0) is 28.8 Å². The molecule has 0 bridgehead atoms. The molecule has 0 aromatic rings. The van der Waals surface area contributed by atoms with Gasteiger partial charge in [0.05, 0.1) is 19.4 Å². The van der Waals surface area contributed by atoms with Crippen molar-refractivity contribution in [1.82, 2.24) is 16.0 Å². The molecule has 30 heavy (non-hydrogen) atoms. The number of rotatable bonds is 13. The van der Waals surface area contributed by atoms with E-state index in [0.29, 0.717) is 0 Å². The number of nitrogens with two attached hydrogens (primary N) is 2. The Balaban J connectivity index is 5.51. The number of primary amides is 1. The predicted octanol–water partition coefficient (Wildman–Crippen LogP) is -4.15. The van der Waals surface area contributed by atoms with Gasteiger partial charge in [0.15, 0.2) is 0 Å². The standard InChI is InChI=1S/C16H27N5O9/c1-6(2)12(16(29)30)21-15(28)9(4-11(24)25)20-14(27)8(3-10(18)23)19-13(26)7(17)5-22/h6-9,12,22H,3-5,17H2,1-2H3,(H2,18,23)(H,19,26)(H,20,27)(H,21,28)(H,24,25)(H,29,30). The Labute approximate surface area is 171 Å². The third kappa shape index (κ3) is 9.29. The van der Waals surface area contributed by atoms with Gasteiger partial charge in [-0.25, -0.2) is 4.79 Å². The zero-order chi connectivity index (χ0) is 23.6. The summed E-state index contributed by atoms with van der Waals surface area (Å²) < 4.78 is 0. The monoisotopic (exact) mass is 433 g/mol. The number of amides is 4. The maximum atomic E-state index is 12.4. The van der Waals surface area contributed by atoms with Crippen LogP contribution in [0.25, 0.3) is 0 Å². The normalized spacial score (nSPS) is 14.7. The number of carbonyl (C=O) groups excluding carboxylic acids is 4. The largest absolute Gasteiger partial charge is 0.481 e. The van der Waals surface area contributed by atoms with Crippen molar-refractivity contribution in [2.75, 3.05) is 6.61 Å². The van der Waals surface area contributed by atoms with E-state index in [0.717, 1.165) is 0 Å². The van der Waals surface area contributed by atoms with Gasteiger partial charge >= 0.3 is 11.9 Å². The topological polar surface area (TPSA) is 251 Å².